The third kappa shape index (κ3) is 5.40. The smallest absolute Gasteiger partial charge is 0.337 e. The Morgan fingerprint density at radius 3 is 1.91 bits per heavy atom. The van der Waals surface area contributed by atoms with Gasteiger partial charge in [0.05, 0.1) is 23.3 Å². The van der Waals surface area contributed by atoms with Crippen LogP contribution in [0.1, 0.15) is 31.8 Å². The number of sulfonamides is 1. The molecule has 0 unspecified atom stereocenters. The third-order valence-corrected chi connectivity index (χ3v) is 7.10. The lowest BCUT2D eigenvalue weighted by Crippen LogP contribution is -2.27. The number of methoxy groups -OCH3 is 1. The van der Waals surface area contributed by atoms with E-state index in [4.69, 9.17) is 0 Å². The van der Waals surface area contributed by atoms with Crippen LogP contribution in [-0.2, 0) is 21.3 Å². The number of rotatable bonds is 7. The van der Waals surface area contributed by atoms with Crippen LogP contribution in [0.25, 0.3) is 0 Å². The molecule has 172 valence electrons. The lowest BCUT2D eigenvalue weighted by molar-refractivity contribution is 0.0600. The second-order valence-electron chi connectivity index (χ2n) is 7.68. The summed E-state index contributed by atoms with van der Waals surface area (Å²) in [7, 11) is 0.779. The van der Waals surface area contributed by atoms with Crippen LogP contribution in [-0.4, -0.2) is 46.4 Å². The van der Waals surface area contributed by atoms with Crippen LogP contribution in [0, 0.1) is 6.92 Å². The van der Waals surface area contributed by atoms with Crippen molar-refractivity contribution in [2.24, 2.45) is 0 Å². The van der Waals surface area contributed by atoms with E-state index in [2.05, 4.69) is 4.74 Å². The molecule has 0 heterocycles. The monoisotopic (exact) mass is 466 g/mol. The van der Waals surface area contributed by atoms with Gasteiger partial charge in [-0.1, -0.05) is 29.8 Å². The molecule has 3 rings (SSSR count). The Labute approximate surface area is 194 Å². The maximum atomic E-state index is 12.9. The first-order chi connectivity index (χ1) is 15.6. The molecule has 3 aromatic carbocycles. The number of hydrogen-bond acceptors (Lipinski definition) is 5. The van der Waals surface area contributed by atoms with Gasteiger partial charge in [-0.3, -0.25) is 9.10 Å². The molecular formula is C25H26N2O5S. The van der Waals surface area contributed by atoms with E-state index in [1.165, 1.54) is 18.5 Å². The first kappa shape index (κ1) is 24.0. The van der Waals surface area contributed by atoms with Crippen molar-refractivity contribution in [1.82, 2.24) is 4.90 Å². The lowest BCUT2D eigenvalue weighted by atomic mass is 10.1. The quantitative estimate of drug-likeness (QED) is 0.494. The van der Waals surface area contributed by atoms with Gasteiger partial charge in [-0.2, -0.15) is 0 Å². The molecule has 0 spiro atoms. The van der Waals surface area contributed by atoms with Crippen LogP contribution >= 0.6 is 0 Å². The number of ether oxygens (including phenoxy) is 1. The van der Waals surface area contributed by atoms with Gasteiger partial charge in [-0.25, -0.2) is 13.2 Å². The molecule has 7 nitrogen and oxygen atoms in total. The molecule has 8 heteroatoms. The molecule has 0 fully saturated rings. The van der Waals surface area contributed by atoms with E-state index >= 15 is 0 Å². The normalized spacial score (nSPS) is 11.0. The number of carbonyl (C=O) groups is 2. The predicted octanol–water partition coefficient (Wildman–Crippen LogP) is 3.88. The first-order valence-electron chi connectivity index (χ1n) is 10.2. The van der Waals surface area contributed by atoms with E-state index in [0.717, 1.165) is 11.1 Å². The van der Waals surface area contributed by atoms with Gasteiger partial charge in [0.25, 0.3) is 15.9 Å². The van der Waals surface area contributed by atoms with E-state index < -0.39 is 16.0 Å². The van der Waals surface area contributed by atoms with E-state index in [0.29, 0.717) is 23.4 Å². The number of hydrogen-bond donors (Lipinski definition) is 0. The van der Waals surface area contributed by atoms with Gasteiger partial charge in [0.1, 0.15) is 0 Å². The Morgan fingerprint density at radius 1 is 0.818 bits per heavy atom. The van der Waals surface area contributed by atoms with E-state index in [1.54, 1.807) is 84.7 Å². The molecule has 3 aromatic rings. The van der Waals surface area contributed by atoms with E-state index in [1.807, 2.05) is 6.92 Å². The van der Waals surface area contributed by atoms with E-state index in [9.17, 15) is 18.0 Å². The zero-order chi connectivity index (χ0) is 24.2. The summed E-state index contributed by atoms with van der Waals surface area (Å²) < 4.78 is 31.6. The second-order valence-corrected chi connectivity index (χ2v) is 9.65. The van der Waals surface area contributed by atoms with Gasteiger partial charge in [0.2, 0.25) is 0 Å². The number of amides is 1. The largest absolute Gasteiger partial charge is 0.465 e. The second kappa shape index (κ2) is 9.87. The van der Waals surface area contributed by atoms with Crippen LogP contribution in [0.4, 0.5) is 5.69 Å². The summed E-state index contributed by atoms with van der Waals surface area (Å²) in [4.78, 5) is 26.1. The predicted molar refractivity (Wildman–Crippen MR) is 127 cm³/mol. The summed E-state index contributed by atoms with van der Waals surface area (Å²) in [6.45, 7) is 2.24. The SMILES string of the molecule is COC(=O)c1ccc(CN(C)C(=O)c2ccc(N(C)S(=O)(=O)c3ccc(C)cc3)cc2)cc1. The first-order valence-corrected chi connectivity index (χ1v) is 11.7. The molecule has 0 aliphatic heterocycles. The van der Waals surface area contributed by atoms with Gasteiger partial charge in [0.15, 0.2) is 0 Å². The highest BCUT2D eigenvalue weighted by Crippen LogP contribution is 2.23. The molecule has 0 saturated carbocycles. The van der Waals surface area contributed by atoms with Gasteiger partial charge < -0.3 is 9.64 Å². The van der Waals surface area contributed by atoms with Crippen molar-refractivity contribution in [3.8, 4) is 0 Å². The zero-order valence-electron chi connectivity index (χ0n) is 19.0. The van der Waals surface area contributed by atoms with Gasteiger partial charge in [0, 0.05) is 26.2 Å². The number of aryl methyl sites for hydroxylation is 1. The highest BCUT2D eigenvalue weighted by atomic mass is 32.2. The Hall–Kier alpha value is -3.65. The van der Waals surface area contributed by atoms with Crippen molar-refractivity contribution >= 4 is 27.6 Å². The molecule has 0 radical (unpaired) electrons. The molecule has 0 atom stereocenters. The number of nitrogens with zero attached hydrogens (tertiary/aromatic N) is 2. The number of esters is 1. The molecule has 0 N–H and O–H groups in total. The standard InChI is InChI=1S/C25H26N2O5S/c1-18-5-15-23(16-6-18)33(30,31)27(3)22-13-11-20(12-14-22)24(28)26(2)17-19-7-9-21(10-8-19)25(29)32-4/h5-16H,17H2,1-4H3. The maximum Gasteiger partial charge on any atom is 0.337 e. The summed E-state index contributed by atoms with van der Waals surface area (Å²) in [5.41, 5.74) is 3.17. The maximum absolute atomic E-state index is 12.9. The summed E-state index contributed by atoms with van der Waals surface area (Å²) in [6.07, 6.45) is 0. The Kier molecular flexibility index (Phi) is 7.18. The molecule has 0 saturated heterocycles. The third-order valence-electron chi connectivity index (χ3n) is 5.30. The average molecular weight is 467 g/mol. The summed E-state index contributed by atoms with van der Waals surface area (Å²) >= 11 is 0. The minimum absolute atomic E-state index is 0.203. The van der Waals surface area contributed by atoms with Gasteiger partial charge in [-0.15, -0.1) is 0 Å². The summed E-state index contributed by atoms with van der Waals surface area (Å²) in [5.74, 6) is -0.622. The fraction of sp³-hybridized carbons (Fsp3) is 0.200. The Bertz CT molecular complexity index is 1240. The number of benzene rings is 3. The van der Waals surface area contributed by atoms with Crippen molar-refractivity contribution < 1.29 is 22.7 Å². The summed E-state index contributed by atoms with van der Waals surface area (Å²) in [5, 5.41) is 0. The van der Waals surface area contributed by atoms with Crippen LogP contribution in [0.3, 0.4) is 0 Å². The Morgan fingerprint density at radius 2 is 1.36 bits per heavy atom. The van der Waals surface area contributed by atoms with Crippen molar-refractivity contribution in [1.29, 1.82) is 0 Å². The van der Waals surface area contributed by atoms with E-state index in [-0.39, 0.29) is 10.8 Å². The molecular weight excluding hydrogens is 440 g/mol. The molecule has 0 aromatic heterocycles. The highest BCUT2D eigenvalue weighted by Gasteiger charge is 2.21. The fourth-order valence-corrected chi connectivity index (χ4v) is 4.45. The molecule has 1 amide bonds. The molecule has 0 aliphatic rings. The van der Waals surface area contributed by atoms with Crippen molar-refractivity contribution in [3.05, 3.63) is 95.1 Å². The van der Waals surface area contributed by atoms with Gasteiger partial charge in [-0.05, 0) is 61.0 Å². The lowest BCUT2D eigenvalue weighted by Gasteiger charge is -2.21. The number of carbonyl (C=O) groups excluding carboxylic acids is 2. The van der Waals surface area contributed by atoms with Crippen molar-refractivity contribution in [2.45, 2.75) is 18.4 Å². The minimum Gasteiger partial charge on any atom is -0.465 e. The van der Waals surface area contributed by atoms with Crippen LogP contribution in [0.15, 0.2) is 77.7 Å². The Balaban J connectivity index is 1.70. The zero-order valence-corrected chi connectivity index (χ0v) is 19.8. The van der Waals surface area contributed by atoms with Crippen LogP contribution in [0.5, 0.6) is 0 Å². The minimum atomic E-state index is -3.71. The number of anilines is 1. The summed E-state index contributed by atoms with van der Waals surface area (Å²) in [6, 6.07) is 19.9. The van der Waals surface area contributed by atoms with Crippen LogP contribution in [0.2, 0.25) is 0 Å². The average Bonchev–Trinajstić information content (AvgIpc) is 2.83. The molecule has 0 bridgehead atoms. The van der Waals surface area contributed by atoms with Crippen LogP contribution < -0.4 is 4.31 Å². The van der Waals surface area contributed by atoms with Crippen molar-refractivity contribution in [3.63, 3.8) is 0 Å². The molecule has 33 heavy (non-hydrogen) atoms. The fourth-order valence-electron chi connectivity index (χ4n) is 3.25. The van der Waals surface area contributed by atoms with Gasteiger partial charge >= 0.3 is 5.97 Å². The topological polar surface area (TPSA) is 84.0 Å². The molecule has 0 aliphatic carbocycles. The highest BCUT2D eigenvalue weighted by molar-refractivity contribution is 7.92. The van der Waals surface area contributed by atoms with Crippen molar-refractivity contribution in [2.75, 3.05) is 25.5 Å².